The van der Waals surface area contributed by atoms with Crippen LogP contribution >= 0.6 is 0 Å². The van der Waals surface area contributed by atoms with Crippen molar-refractivity contribution in [1.82, 2.24) is 9.78 Å². The molecular formula is C18H16FN3O3. The zero-order valence-corrected chi connectivity index (χ0v) is 13.4. The fraction of sp³-hybridized carbons (Fsp3) is 0.111. The van der Waals surface area contributed by atoms with Crippen molar-refractivity contribution in [2.24, 2.45) is 0 Å². The van der Waals surface area contributed by atoms with Gasteiger partial charge in [0.25, 0.3) is 5.91 Å². The first-order chi connectivity index (χ1) is 12.1. The van der Waals surface area contributed by atoms with Crippen LogP contribution in [0.15, 0.2) is 54.7 Å². The molecule has 0 fully saturated rings. The van der Waals surface area contributed by atoms with Crippen molar-refractivity contribution in [1.29, 1.82) is 0 Å². The quantitative estimate of drug-likeness (QED) is 0.748. The predicted molar refractivity (Wildman–Crippen MR) is 90.4 cm³/mol. The van der Waals surface area contributed by atoms with Gasteiger partial charge in [-0.15, -0.1) is 0 Å². The van der Waals surface area contributed by atoms with Crippen LogP contribution < -0.4 is 10.1 Å². The van der Waals surface area contributed by atoms with Gasteiger partial charge in [0.15, 0.2) is 5.69 Å². The summed E-state index contributed by atoms with van der Waals surface area (Å²) in [5.41, 5.74) is 1.78. The van der Waals surface area contributed by atoms with Gasteiger partial charge >= 0.3 is 0 Å². The molecule has 0 atom stereocenters. The lowest BCUT2D eigenvalue weighted by atomic mass is 10.2. The van der Waals surface area contributed by atoms with Crippen LogP contribution in [0.25, 0.3) is 5.69 Å². The minimum Gasteiger partial charge on any atom is -0.496 e. The molecule has 0 saturated heterocycles. The Morgan fingerprint density at radius 1 is 1.28 bits per heavy atom. The molecule has 1 aromatic heterocycles. The van der Waals surface area contributed by atoms with Gasteiger partial charge in [-0.2, -0.15) is 5.10 Å². The standard InChI is InChI=1S/C18H16FN3O3/c1-25-17-6-5-14(9-12(17)11-23)20-18(24)16-7-8-22(21-16)15-4-2-3-13(19)10-15/h2-10,23H,11H2,1H3,(H,20,24). The number of carbonyl (C=O) groups excluding carboxylic acids is 1. The lowest BCUT2D eigenvalue weighted by Gasteiger charge is -2.09. The number of ether oxygens (including phenoxy) is 1. The Morgan fingerprint density at radius 3 is 2.84 bits per heavy atom. The molecule has 0 aliphatic heterocycles. The number of carbonyl (C=O) groups is 1. The zero-order chi connectivity index (χ0) is 17.8. The molecule has 2 N–H and O–H groups in total. The van der Waals surface area contributed by atoms with E-state index < -0.39 is 5.91 Å². The average molecular weight is 341 g/mol. The average Bonchev–Trinajstić information content (AvgIpc) is 3.12. The SMILES string of the molecule is COc1ccc(NC(=O)c2ccn(-c3cccc(F)c3)n2)cc1CO. The van der Waals surface area contributed by atoms with E-state index in [-0.39, 0.29) is 18.1 Å². The first-order valence-electron chi connectivity index (χ1n) is 7.51. The third-order valence-corrected chi connectivity index (χ3v) is 3.60. The van der Waals surface area contributed by atoms with Crippen molar-refractivity contribution in [2.75, 3.05) is 12.4 Å². The predicted octanol–water partition coefficient (Wildman–Crippen LogP) is 2.76. The molecule has 25 heavy (non-hydrogen) atoms. The molecule has 1 amide bonds. The molecule has 0 aliphatic carbocycles. The number of aliphatic hydroxyl groups is 1. The molecular weight excluding hydrogens is 325 g/mol. The maximum absolute atomic E-state index is 13.3. The first kappa shape index (κ1) is 16.7. The Balaban J connectivity index is 1.78. The summed E-state index contributed by atoms with van der Waals surface area (Å²) < 4.78 is 19.8. The number of nitrogens with zero attached hydrogens (tertiary/aromatic N) is 2. The smallest absolute Gasteiger partial charge is 0.276 e. The van der Waals surface area contributed by atoms with Gasteiger partial charge < -0.3 is 15.2 Å². The Morgan fingerprint density at radius 2 is 2.12 bits per heavy atom. The van der Waals surface area contributed by atoms with Crippen molar-refractivity contribution < 1.29 is 19.0 Å². The lowest BCUT2D eigenvalue weighted by molar-refractivity contribution is 0.102. The third kappa shape index (κ3) is 3.67. The summed E-state index contributed by atoms with van der Waals surface area (Å²) in [6.45, 7) is -0.207. The monoisotopic (exact) mass is 341 g/mol. The number of halogens is 1. The molecule has 3 aromatic rings. The molecule has 128 valence electrons. The largest absolute Gasteiger partial charge is 0.496 e. The number of amides is 1. The second-order valence-electron chi connectivity index (χ2n) is 5.26. The second-order valence-corrected chi connectivity index (χ2v) is 5.26. The van der Waals surface area contributed by atoms with Gasteiger partial charge in [-0.25, -0.2) is 9.07 Å². The summed E-state index contributed by atoms with van der Waals surface area (Å²) in [6.07, 6.45) is 1.58. The number of hydrogen-bond donors (Lipinski definition) is 2. The molecule has 7 heteroatoms. The maximum Gasteiger partial charge on any atom is 0.276 e. The van der Waals surface area contributed by atoms with Crippen LogP contribution in [-0.4, -0.2) is 27.9 Å². The minimum atomic E-state index is -0.413. The summed E-state index contributed by atoms with van der Waals surface area (Å²) in [5.74, 6) is -0.256. The van der Waals surface area contributed by atoms with E-state index in [1.807, 2.05) is 0 Å². The van der Waals surface area contributed by atoms with Gasteiger partial charge in [0.1, 0.15) is 11.6 Å². The molecule has 3 rings (SSSR count). The third-order valence-electron chi connectivity index (χ3n) is 3.60. The highest BCUT2D eigenvalue weighted by Crippen LogP contribution is 2.23. The highest BCUT2D eigenvalue weighted by Gasteiger charge is 2.12. The normalized spacial score (nSPS) is 10.5. The van der Waals surface area contributed by atoms with Crippen LogP contribution in [0.5, 0.6) is 5.75 Å². The topological polar surface area (TPSA) is 76.4 Å². The van der Waals surface area contributed by atoms with Gasteiger partial charge in [-0.3, -0.25) is 4.79 Å². The number of hydrogen-bond acceptors (Lipinski definition) is 4. The highest BCUT2D eigenvalue weighted by atomic mass is 19.1. The van der Waals surface area contributed by atoms with E-state index in [0.717, 1.165) is 0 Å². The van der Waals surface area contributed by atoms with Gasteiger partial charge in [-0.1, -0.05) is 6.07 Å². The first-order valence-corrected chi connectivity index (χ1v) is 7.51. The van der Waals surface area contributed by atoms with Crippen LogP contribution in [-0.2, 0) is 6.61 Å². The Kier molecular flexibility index (Phi) is 4.76. The molecule has 1 heterocycles. The fourth-order valence-electron chi connectivity index (χ4n) is 2.38. The Hall–Kier alpha value is -3.19. The van der Waals surface area contributed by atoms with Crippen LogP contribution in [0, 0.1) is 5.82 Å². The molecule has 0 unspecified atom stereocenters. The van der Waals surface area contributed by atoms with Crippen LogP contribution in [0.4, 0.5) is 10.1 Å². The minimum absolute atomic E-state index is 0.186. The summed E-state index contributed by atoms with van der Waals surface area (Å²) in [6, 6.07) is 12.4. The van der Waals surface area contributed by atoms with E-state index in [9.17, 15) is 14.3 Å². The molecule has 0 saturated carbocycles. The zero-order valence-electron chi connectivity index (χ0n) is 13.4. The van der Waals surface area contributed by atoms with Crippen molar-refractivity contribution in [3.63, 3.8) is 0 Å². The van der Waals surface area contributed by atoms with Gasteiger partial charge in [0.2, 0.25) is 0 Å². The van der Waals surface area contributed by atoms with Gasteiger partial charge in [0, 0.05) is 17.4 Å². The van der Waals surface area contributed by atoms with E-state index in [0.29, 0.717) is 22.7 Å². The van der Waals surface area contributed by atoms with E-state index >= 15 is 0 Å². The summed E-state index contributed by atoms with van der Waals surface area (Å²) in [7, 11) is 1.51. The molecule has 0 bridgehead atoms. The Labute approximate surface area is 143 Å². The van der Waals surface area contributed by atoms with E-state index in [1.165, 1.54) is 30.0 Å². The van der Waals surface area contributed by atoms with Crippen molar-refractivity contribution in [3.8, 4) is 11.4 Å². The van der Waals surface area contributed by atoms with Crippen LogP contribution in [0.3, 0.4) is 0 Å². The number of rotatable bonds is 5. The molecule has 0 spiro atoms. The molecule has 2 aromatic carbocycles. The maximum atomic E-state index is 13.3. The van der Waals surface area contributed by atoms with Crippen molar-refractivity contribution in [3.05, 3.63) is 71.8 Å². The van der Waals surface area contributed by atoms with E-state index in [4.69, 9.17) is 4.74 Å². The number of aromatic nitrogens is 2. The van der Waals surface area contributed by atoms with Gasteiger partial charge in [0.05, 0.1) is 19.4 Å². The van der Waals surface area contributed by atoms with Crippen LogP contribution in [0.2, 0.25) is 0 Å². The van der Waals surface area contributed by atoms with E-state index in [1.54, 1.807) is 36.5 Å². The van der Waals surface area contributed by atoms with E-state index in [2.05, 4.69) is 10.4 Å². The number of benzene rings is 2. The second kappa shape index (κ2) is 7.14. The summed E-state index contributed by atoms with van der Waals surface area (Å²) >= 11 is 0. The lowest BCUT2D eigenvalue weighted by Crippen LogP contribution is -2.13. The molecule has 6 nitrogen and oxygen atoms in total. The summed E-state index contributed by atoms with van der Waals surface area (Å²) in [4.78, 5) is 12.3. The fourth-order valence-corrected chi connectivity index (χ4v) is 2.38. The van der Waals surface area contributed by atoms with Gasteiger partial charge in [-0.05, 0) is 42.5 Å². The van der Waals surface area contributed by atoms with Crippen molar-refractivity contribution in [2.45, 2.75) is 6.61 Å². The van der Waals surface area contributed by atoms with Crippen LogP contribution in [0.1, 0.15) is 16.1 Å². The number of anilines is 1. The highest BCUT2D eigenvalue weighted by molar-refractivity contribution is 6.02. The molecule has 0 radical (unpaired) electrons. The Bertz CT molecular complexity index is 908. The number of methoxy groups -OCH3 is 1. The number of aliphatic hydroxyl groups excluding tert-OH is 1. The molecule has 0 aliphatic rings. The summed E-state index contributed by atoms with van der Waals surface area (Å²) in [5, 5.41) is 16.2. The number of nitrogens with one attached hydrogen (secondary N) is 1. The van der Waals surface area contributed by atoms with Crippen molar-refractivity contribution >= 4 is 11.6 Å².